The van der Waals surface area contributed by atoms with Gasteiger partial charge in [-0.1, -0.05) is 53.0 Å². The number of benzene rings is 1. The average molecular weight is 366 g/mol. The van der Waals surface area contributed by atoms with Crippen LogP contribution in [0.5, 0.6) is 0 Å². The predicted octanol–water partition coefficient (Wildman–Crippen LogP) is 3.19. The van der Waals surface area contributed by atoms with Gasteiger partial charge in [0.25, 0.3) is 0 Å². The third-order valence-corrected chi connectivity index (χ3v) is 5.66. The van der Waals surface area contributed by atoms with Crippen LogP contribution in [-0.2, 0) is 9.84 Å². The van der Waals surface area contributed by atoms with Gasteiger partial charge in [0, 0.05) is 5.88 Å². The van der Waals surface area contributed by atoms with E-state index in [4.69, 9.17) is 46.4 Å². The Labute approximate surface area is 132 Å². The highest BCUT2D eigenvalue weighted by Crippen LogP contribution is 2.36. The normalized spacial score (nSPS) is 16.1. The van der Waals surface area contributed by atoms with E-state index in [1.165, 1.54) is 12.1 Å². The number of halogens is 4. The molecule has 1 rings (SSSR count). The summed E-state index contributed by atoms with van der Waals surface area (Å²) < 4.78 is 22.7. The van der Waals surface area contributed by atoms with Gasteiger partial charge in [-0.05, 0) is 18.6 Å². The smallest absolute Gasteiger partial charge is 0.217 e. The highest BCUT2D eigenvalue weighted by atomic mass is 35.6. The van der Waals surface area contributed by atoms with Crippen LogP contribution in [0.2, 0.25) is 0 Å². The van der Waals surface area contributed by atoms with E-state index in [1.807, 2.05) is 0 Å². The first-order chi connectivity index (χ1) is 8.71. The largest absolute Gasteiger partial charge is 0.387 e. The number of alkyl halides is 4. The lowest BCUT2D eigenvalue weighted by Crippen LogP contribution is -2.42. The molecule has 0 aromatic heterocycles. The van der Waals surface area contributed by atoms with E-state index in [1.54, 1.807) is 18.2 Å². The van der Waals surface area contributed by atoms with Gasteiger partial charge in [-0.3, -0.25) is 0 Å². The Morgan fingerprint density at radius 3 is 2.11 bits per heavy atom. The lowest BCUT2D eigenvalue weighted by Gasteiger charge is -2.27. The molecule has 0 saturated carbocycles. The van der Waals surface area contributed by atoms with Crippen molar-refractivity contribution in [3.05, 3.63) is 30.3 Å². The first-order valence-corrected chi connectivity index (χ1v) is 8.52. The Morgan fingerprint density at radius 2 is 1.68 bits per heavy atom. The minimum atomic E-state index is -3.83. The fourth-order valence-corrected chi connectivity index (χ4v) is 4.49. The number of sulfone groups is 1. The lowest BCUT2D eigenvalue weighted by molar-refractivity contribution is 0.170. The second kappa shape index (κ2) is 6.83. The Bertz CT molecular complexity index is 498. The molecule has 0 saturated heterocycles. The maximum Gasteiger partial charge on any atom is 0.217 e. The number of hydrogen-bond donors (Lipinski definition) is 1. The zero-order chi connectivity index (χ0) is 14.7. The van der Waals surface area contributed by atoms with Crippen molar-refractivity contribution >= 4 is 56.2 Å². The average Bonchev–Trinajstić information content (AvgIpc) is 2.35. The van der Waals surface area contributed by atoms with Crippen molar-refractivity contribution in [1.29, 1.82) is 0 Å². The third kappa shape index (κ3) is 4.38. The molecule has 1 N–H and O–H groups in total. The number of aliphatic hydroxyl groups excluding tert-OH is 1. The van der Waals surface area contributed by atoms with E-state index >= 15 is 0 Å². The summed E-state index contributed by atoms with van der Waals surface area (Å²) in [6.45, 7) is 0. The van der Waals surface area contributed by atoms with Gasteiger partial charge in [0.15, 0.2) is 9.84 Å². The molecule has 1 aromatic carbocycles. The van der Waals surface area contributed by atoms with Gasteiger partial charge < -0.3 is 5.11 Å². The van der Waals surface area contributed by atoms with Crippen molar-refractivity contribution in [2.45, 2.75) is 26.5 Å². The van der Waals surface area contributed by atoms with Gasteiger partial charge in [-0.2, -0.15) is 0 Å². The zero-order valence-electron chi connectivity index (χ0n) is 9.64. The van der Waals surface area contributed by atoms with Crippen molar-refractivity contribution in [1.82, 2.24) is 0 Å². The van der Waals surface area contributed by atoms with Crippen LogP contribution in [0.15, 0.2) is 35.2 Å². The standard InChI is InChI=1S/C11H12Cl4O3S/c12-7-6-9(10(16)11(13,14)15)19(17,18)8-4-2-1-3-5-8/h1-5,9-10,16H,6-7H2/t9-,10-/m1/s1. The second-order valence-electron chi connectivity index (χ2n) is 3.86. The van der Waals surface area contributed by atoms with Crippen LogP contribution in [0.25, 0.3) is 0 Å². The maximum absolute atomic E-state index is 12.4. The molecule has 0 unspecified atom stereocenters. The first kappa shape index (κ1) is 17.3. The van der Waals surface area contributed by atoms with Crippen molar-refractivity contribution in [3.8, 4) is 0 Å². The molecule has 0 fully saturated rings. The van der Waals surface area contributed by atoms with E-state index < -0.39 is 25.0 Å². The molecule has 0 bridgehead atoms. The molecule has 0 aliphatic rings. The van der Waals surface area contributed by atoms with E-state index in [0.29, 0.717) is 0 Å². The van der Waals surface area contributed by atoms with Gasteiger partial charge in [-0.25, -0.2) is 8.42 Å². The molecule has 19 heavy (non-hydrogen) atoms. The quantitative estimate of drug-likeness (QED) is 0.815. The molecule has 8 heteroatoms. The molecule has 0 aliphatic carbocycles. The SMILES string of the molecule is O=S(=O)(c1ccccc1)[C@H](CCCl)[C@@H](O)C(Cl)(Cl)Cl. The van der Waals surface area contributed by atoms with E-state index in [9.17, 15) is 13.5 Å². The molecule has 0 spiro atoms. The molecular weight excluding hydrogens is 354 g/mol. The second-order valence-corrected chi connectivity index (χ2v) is 8.77. The fourth-order valence-electron chi connectivity index (χ4n) is 1.59. The highest BCUT2D eigenvalue weighted by Gasteiger charge is 2.43. The van der Waals surface area contributed by atoms with E-state index in [2.05, 4.69) is 0 Å². The van der Waals surface area contributed by atoms with Crippen LogP contribution in [-0.4, -0.2) is 34.6 Å². The molecule has 0 heterocycles. The monoisotopic (exact) mass is 364 g/mol. The molecule has 3 nitrogen and oxygen atoms in total. The number of rotatable bonds is 5. The van der Waals surface area contributed by atoms with Crippen LogP contribution < -0.4 is 0 Å². The Morgan fingerprint density at radius 1 is 1.16 bits per heavy atom. The number of aliphatic hydroxyl groups is 1. The Balaban J connectivity index is 3.19. The topological polar surface area (TPSA) is 54.4 Å². The minimum absolute atomic E-state index is 0.0200. The summed E-state index contributed by atoms with van der Waals surface area (Å²) in [5.41, 5.74) is 0. The van der Waals surface area contributed by atoms with Crippen molar-refractivity contribution in [3.63, 3.8) is 0 Å². The van der Waals surface area contributed by atoms with E-state index in [0.717, 1.165) is 0 Å². The predicted molar refractivity (Wildman–Crippen MR) is 79.0 cm³/mol. The summed E-state index contributed by atoms with van der Waals surface area (Å²) in [5, 5.41) is 8.66. The minimum Gasteiger partial charge on any atom is -0.387 e. The summed E-state index contributed by atoms with van der Waals surface area (Å²) in [4.78, 5) is 0.0541. The van der Waals surface area contributed by atoms with E-state index in [-0.39, 0.29) is 17.2 Å². The van der Waals surface area contributed by atoms with Gasteiger partial charge in [0.2, 0.25) is 3.79 Å². The van der Waals surface area contributed by atoms with Crippen molar-refractivity contribution in [2.75, 3.05) is 5.88 Å². The lowest BCUT2D eigenvalue weighted by atomic mass is 10.2. The number of hydrogen-bond acceptors (Lipinski definition) is 3. The Hall–Kier alpha value is 0.290. The molecule has 0 aliphatic heterocycles. The molecule has 0 radical (unpaired) electrons. The molecule has 108 valence electrons. The van der Waals surface area contributed by atoms with Gasteiger partial charge in [0.1, 0.15) is 6.10 Å². The molecule has 2 atom stereocenters. The summed E-state index contributed by atoms with van der Waals surface area (Å²) in [6.07, 6.45) is -1.69. The van der Waals surface area contributed by atoms with Gasteiger partial charge in [0.05, 0.1) is 10.1 Å². The van der Waals surface area contributed by atoms with Crippen LogP contribution in [0.4, 0.5) is 0 Å². The fraction of sp³-hybridized carbons (Fsp3) is 0.455. The van der Waals surface area contributed by atoms with Crippen molar-refractivity contribution in [2.24, 2.45) is 0 Å². The van der Waals surface area contributed by atoms with Gasteiger partial charge >= 0.3 is 0 Å². The van der Waals surface area contributed by atoms with Crippen LogP contribution >= 0.6 is 46.4 Å². The summed E-state index contributed by atoms with van der Waals surface area (Å²) in [6, 6.07) is 7.67. The van der Waals surface area contributed by atoms with Crippen LogP contribution in [0.1, 0.15) is 6.42 Å². The molecular formula is C11H12Cl4O3S. The third-order valence-electron chi connectivity index (χ3n) is 2.55. The summed E-state index contributed by atoms with van der Waals surface area (Å²) in [7, 11) is -3.83. The Kier molecular flexibility index (Phi) is 6.24. The maximum atomic E-state index is 12.4. The molecule has 1 aromatic rings. The highest BCUT2D eigenvalue weighted by molar-refractivity contribution is 7.92. The summed E-state index contributed by atoms with van der Waals surface area (Å²) in [5.74, 6) is 0.0224. The summed E-state index contributed by atoms with van der Waals surface area (Å²) >= 11 is 22.3. The van der Waals surface area contributed by atoms with Crippen LogP contribution in [0.3, 0.4) is 0 Å². The van der Waals surface area contributed by atoms with Gasteiger partial charge in [-0.15, -0.1) is 11.6 Å². The molecule has 0 amide bonds. The zero-order valence-corrected chi connectivity index (χ0v) is 13.5. The van der Waals surface area contributed by atoms with Crippen molar-refractivity contribution < 1.29 is 13.5 Å². The van der Waals surface area contributed by atoms with Crippen LogP contribution in [0, 0.1) is 0 Å². The first-order valence-electron chi connectivity index (χ1n) is 5.31.